The van der Waals surface area contributed by atoms with Gasteiger partial charge in [0.25, 0.3) is 0 Å². The number of carbonyl (C=O) groups is 2. The molecule has 3 heterocycles. The quantitative estimate of drug-likeness (QED) is 0.523. The van der Waals surface area contributed by atoms with Crippen LogP contribution in [0.15, 0.2) is 36.4 Å². The number of nitrogens with zero attached hydrogens (tertiary/aromatic N) is 1. The minimum atomic E-state index is -1.12. The highest BCUT2D eigenvalue weighted by Gasteiger charge is 2.65. The monoisotopic (exact) mass is 545 g/mol. The first-order valence-corrected chi connectivity index (χ1v) is 13.7. The fourth-order valence-electron chi connectivity index (χ4n) is 7.35. The van der Waals surface area contributed by atoms with Crippen molar-refractivity contribution in [2.45, 2.75) is 55.6 Å². The minimum absolute atomic E-state index is 0.0159. The predicted octanol–water partition coefficient (Wildman–Crippen LogP) is 5.09. The number of hydrogen-bond donors (Lipinski definition) is 2. The van der Waals surface area contributed by atoms with Gasteiger partial charge in [-0.2, -0.15) is 0 Å². The van der Waals surface area contributed by atoms with Crippen LogP contribution in [0.25, 0.3) is 0 Å². The number of likely N-dealkylation sites (tertiary alicyclic amines) is 1. The molecule has 0 bridgehead atoms. The minimum Gasteiger partial charge on any atom is -0.469 e. The number of rotatable bonds is 4. The standard InChI is InChI=1S/C28H30Cl2FN3O3/c1-37-26(35)16-7-5-15(6-8-16)14-34-12-11-21-25(34)23(18-3-2-4-20(30)24(18)31)28(33-21)19-10-9-17(29)13-22(19)32-27(28)36/h2-4,9-10,13,15-16,21,23,25,33H,5-8,11-12,14H2,1H3,(H,32,36)/t15?,16?,21-,23-,25+,28+/m0/s1. The molecule has 3 aliphatic heterocycles. The highest BCUT2D eigenvalue weighted by Crippen LogP contribution is 2.55. The molecule has 0 aromatic heterocycles. The Bertz CT molecular complexity index is 1250. The molecule has 9 heteroatoms. The van der Waals surface area contributed by atoms with Gasteiger partial charge in [-0.3, -0.25) is 19.8 Å². The smallest absolute Gasteiger partial charge is 0.308 e. The molecule has 1 aliphatic carbocycles. The molecule has 37 heavy (non-hydrogen) atoms. The molecule has 6 nitrogen and oxygen atoms in total. The second-order valence-electron chi connectivity index (χ2n) is 10.8. The zero-order valence-electron chi connectivity index (χ0n) is 20.6. The summed E-state index contributed by atoms with van der Waals surface area (Å²) in [6.07, 6.45) is 4.40. The second-order valence-corrected chi connectivity index (χ2v) is 11.7. The Labute approximate surface area is 225 Å². The summed E-state index contributed by atoms with van der Waals surface area (Å²) in [5.74, 6) is -0.859. The van der Waals surface area contributed by atoms with Gasteiger partial charge in [0.05, 0.1) is 18.1 Å². The maximum absolute atomic E-state index is 15.7. The van der Waals surface area contributed by atoms with Crippen LogP contribution in [-0.4, -0.2) is 49.1 Å². The zero-order valence-corrected chi connectivity index (χ0v) is 22.1. The first-order chi connectivity index (χ1) is 17.8. The fraction of sp³-hybridized carbons (Fsp3) is 0.500. The first kappa shape index (κ1) is 25.1. The number of hydrogen-bond acceptors (Lipinski definition) is 5. The summed E-state index contributed by atoms with van der Waals surface area (Å²) >= 11 is 12.5. The largest absolute Gasteiger partial charge is 0.469 e. The van der Waals surface area contributed by atoms with Gasteiger partial charge in [0, 0.05) is 47.4 Å². The number of fused-ring (bicyclic) bond motifs is 3. The van der Waals surface area contributed by atoms with Crippen LogP contribution in [0.1, 0.15) is 49.1 Å². The fourth-order valence-corrected chi connectivity index (χ4v) is 7.70. The molecule has 2 aromatic carbocycles. The Balaban J connectivity index is 1.36. The number of carbonyl (C=O) groups excluding carboxylic acids is 2. The lowest BCUT2D eigenvalue weighted by atomic mass is 9.73. The zero-order chi connectivity index (χ0) is 25.9. The predicted molar refractivity (Wildman–Crippen MR) is 140 cm³/mol. The summed E-state index contributed by atoms with van der Waals surface area (Å²) in [7, 11) is 1.45. The Kier molecular flexibility index (Phi) is 6.46. The molecule has 1 spiro atoms. The Hall–Kier alpha value is -2.19. The van der Waals surface area contributed by atoms with Gasteiger partial charge in [-0.25, -0.2) is 4.39 Å². The van der Waals surface area contributed by atoms with E-state index in [1.807, 2.05) is 6.07 Å². The van der Waals surface area contributed by atoms with Gasteiger partial charge >= 0.3 is 5.97 Å². The maximum Gasteiger partial charge on any atom is 0.308 e. The van der Waals surface area contributed by atoms with Crippen molar-refractivity contribution in [3.05, 3.63) is 63.4 Å². The summed E-state index contributed by atoms with van der Waals surface area (Å²) in [5.41, 5.74) is 0.776. The molecule has 1 saturated carbocycles. The number of nitrogens with one attached hydrogen (secondary N) is 2. The summed E-state index contributed by atoms with van der Waals surface area (Å²) in [6, 6.07) is 10.4. The average molecular weight is 546 g/mol. The van der Waals surface area contributed by atoms with Gasteiger partial charge in [0.2, 0.25) is 5.91 Å². The third-order valence-electron chi connectivity index (χ3n) is 8.99. The SMILES string of the molecule is COC(=O)C1CCC(CN2CC[C@@H]3N[C@@]4(C(=O)Nc5cc(Cl)ccc54)[C@@H](c4cccc(Cl)c4F)[C@@H]32)CC1. The molecule has 4 aliphatic rings. The molecule has 2 N–H and O–H groups in total. The molecule has 196 valence electrons. The number of esters is 1. The molecule has 6 rings (SSSR count). The molecule has 4 atom stereocenters. The summed E-state index contributed by atoms with van der Waals surface area (Å²) in [5, 5.41) is 7.27. The Morgan fingerprint density at radius 3 is 2.70 bits per heavy atom. The number of benzene rings is 2. The molecule has 3 fully saturated rings. The number of methoxy groups -OCH3 is 1. The van der Waals surface area contributed by atoms with Crippen molar-refractivity contribution >= 4 is 40.8 Å². The summed E-state index contributed by atoms with van der Waals surface area (Å²) in [6.45, 7) is 1.71. The lowest BCUT2D eigenvalue weighted by Gasteiger charge is -2.38. The third kappa shape index (κ3) is 3.97. The van der Waals surface area contributed by atoms with E-state index in [-0.39, 0.29) is 34.9 Å². The first-order valence-electron chi connectivity index (χ1n) is 13.0. The van der Waals surface area contributed by atoms with Crippen molar-refractivity contribution in [1.29, 1.82) is 0 Å². The molecular weight excluding hydrogens is 516 g/mol. The summed E-state index contributed by atoms with van der Waals surface area (Å²) in [4.78, 5) is 28.2. The molecule has 0 unspecified atom stereocenters. The van der Waals surface area contributed by atoms with Gasteiger partial charge in [-0.15, -0.1) is 0 Å². The van der Waals surface area contributed by atoms with E-state index in [4.69, 9.17) is 27.9 Å². The van der Waals surface area contributed by atoms with Crippen molar-refractivity contribution in [3.8, 4) is 0 Å². The second kappa shape index (κ2) is 9.53. The maximum atomic E-state index is 15.7. The van der Waals surface area contributed by atoms with Crippen molar-refractivity contribution in [3.63, 3.8) is 0 Å². The molecular formula is C28H30Cl2FN3O3. The van der Waals surface area contributed by atoms with E-state index in [1.165, 1.54) is 7.11 Å². The summed E-state index contributed by atoms with van der Waals surface area (Å²) < 4.78 is 20.6. The van der Waals surface area contributed by atoms with Crippen LogP contribution in [0.4, 0.5) is 10.1 Å². The Morgan fingerprint density at radius 2 is 1.95 bits per heavy atom. The lowest BCUT2D eigenvalue weighted by Crippen LogP contribution is -2.50. The van der Waals surface area contributed by atoms with Crippen LogP contribution in [0.5, 0.6) is 0 Å². The third-order valence-corrected chi connectivity index (χ3v) is 9.51. The van der Waals surface area contributed by atoms with Gasteiger partial charge in [-0.05, 0) is 61.8 Å². The average Bonchev–Trinajstić information content (AvgIpc) is 3.52. The van der Waals surface area contributed by atoms with Gasteiger partial charge in [0.1, 0.15) is 11.4 Å². The number of anilines is 1. The lowest BCUT2D eigenvalue weighted by molar-refractivity contribution is -0.146. The highest BCUT2D eigenvalue weighted by atomic mass is 35.5. The van der Waals surface area contributed by atoms with E-state index in [2.05, 4.69) is 15.5 Å². The van der Waals surface area contributed by atoms with Gasteiger partial charge in [-0.1, -0.05) is 41.4 Å². The molecule has 2 saturated heterocycles. The van der Waals surface area contributed by atoms with Crippen molar-refractivity contribution < 1.29 is 18.7 Å². The van der Waals surface area contributed by atoms with Crippen LogP contribution >= 0.6 is 23.2 Å². The molecule has 2 aromatic rings. The normalized spacial score (nSPS) is 32.9. The van der Waals surface area contributed by atoms with Gasteiger partial charge < -0.3 is 10.1 Å². The van der Waals surface area contributed by atoms with E-state index < -0.39 is 17.3 Å². The molecule has 0 radical (unpaired) electrons. The van der Waals surface area contributed by atoms with E-state index in [0.717, 1.165) is 50.8 Å². The van der Waals surface area contributed by atoms with Crippen LogP contribution in [0.2, 0.25) is 10.0 Å². The van der Waals surface area contributed by atoms with E-state index in [0.29, 0.717) is 22.2 Å². The highest BCUT2D eigenvalue weighted by molar-refractivity contribution is 6.31. The topological polar surface area (TPSA) is 70.7 Å². The van der Waals surface area contributed by atoms with Crippen molar-refractivity contribution in [2.75, 3.05) is 25.5 Å². The number of halogens is 3. The van der Waals surface area contributed by atoms with Crippen LogP contribution in [0.3, 0.4) is 0 Å². The van der Waals surface area contributed by atoms with Crippen molar-refractivity contribution in [1.82, 2.24) is 10.2 Å². The van der Waals surface area contributed by atoms with Crippen LogP contribution < -0.4 is 10.6 Å². The Morgan fingerprint density at radius 1 is 1.16 bits per heavy atom. The molecule has 1 amide bonds. The van der Waals surface area contributed by atoms with Crippen LogP contribution in [0, 0.1) is 17.7 Å². The number of ether oxygens (including phenoxy) is 1. The van der Waals surface area contributed by atoms with E-state index in [9.17, 15) is 9.59 Å². The van der Waals surface area contributed by atoms with E-state index >= 15 is 4.39 Å². The van der Waals surface area contributed by atoms with Crippen molar-refractivity contribution in [2.24, 2.45) is 11.8 Å². The van der Waals surface area contributed by atoms with E-state index in [1.54, 1.807) is 30.3 Å². The van der Waals surface area contributed by atoms with Crippen LogP contribution in [-0.2, 0) is 19.9 Å². The number of amides is 1. The van der Waals surface area contributed by atoms with Gasteiger partial charge in [0.15, 0.2) is 0 Å².